The Morgan fingerprint density at radius 1 is 1.22 bits per heavy atom. The molecular formula is C15H30N2O. The van der Waals surface area contributed by atoms with E-state index in [4.69, 9.17) is 0 Å². The van der Waals surface area contributed by atoms with Gasteiger partial charge in [0.1, 0.15) is 0 Å². The predicted octanol–water partition coefficient (Wildman–Crippen LogP) is 2.71. The van der Waals surface area contributed by atoms with Gasteiger partial charge in [-0.15, -0.1) is 0 Å². The fourth-order valence-corrected chi connectivity index (χ4v) is 1.98. The summed E-state index contributed by atoms with van der Waals surface area (Å²) in [5.41, 5.74) is 0.312. The average Bonchev–Trinajstić information content (AvgIpc) is 2.26. The molecule has 0 aliphatic carbocycles. The minimum Gasteiger partial charge on any atom is -0.355 e. The Kier molecular flexibility index (Phi) is 5.20. The van der Waals surface area contributed by atoms with Crippen LogP contribution in [0.5, 0.6) is 0 Å². The van der Waals surface area contributed by atoms with Crippen LogP contribution in [0.4, 0.5) is 0 Å². The standard InChI is InChI=1S/C15H30N2O/c1-14(2,3)15(4,5)11-17-13(18)10-12-8-6-7-9-16-12/h12,16H,6-11H2,1-5H3,(H,17,18). The summed E-state index contributed by atoms with van der Waals surface area (Å²) in [6, 6.07) is 0.386. The van der Waals surface area contributed by atoms with Crippen molar-refractivity contribution < 1.29 is 4.79 Å². The molecule has 1 amide bonds. The number of amides is 1. The molecular weight excluding hydrogens is 224 g/mol. The van der Waals surface area contributed by atoms with Crippen LogP contribution in [0.2, 0.25) is 0 Å². The van der Waals surface area contributed by atoms with Gasteiger partial charge >= 0.3 is 0 Å². The topological polar surface area (TPSA) is 41.1 Å². The molecule has 1 rings (SSSR count). The summed E-state index contributed by atoms with van der Waals surface area (Å²) in [5.74, 6) is 0.187. The molecule has 3 nitrogen and oxygen atoms in total. The first-order valence-corrected chi connectivity index (χ1v) is 7.22. The van der Waals surface area contributed by atoms with Gasteiger partial charge in [-0.1, -0.05) is 41.0 Å². The maximum atomic E-state index is 11.9. The first kappa shape index (κ1) is 15.5. The average molecular weight is 254 g/mol. The van der Waals surface area contributed by atoms with E-state index >= 15 is 0 Å². The quantitative estimate of drug-likeness (QED) is 0.810. The molecule has 1 aliphatic heterocycles. The van der Waals surface area contributed by atoms with Crippen molar-refractivity contribution >= 4 is 5.91 Å². The number of hydrogen-bond donors (Lipinski definition) is 2. The molecule has 0 bridgehead atoms. The van der Waals surface area contributed by atoms with Gasteiger partial charge in [0, 0.05) is 19.0 Å². The molecule has 0 saturated carbocycles. The van der Waals surface area contributed by atoms with Crippen LogP contribution in [0.15, 0.2) is 0 Å². The van der Waals surface area contributed by atoms with Gasteiger partial charge in [0.15, 0.2) is 0 Å². The zero-order chi connectivity index (χ0) is 13.8. The highest BCUT2D eigenvalue weighted by molar-refractivity contribution is 5.76. The molecule has 1 atom stereocenters. The molecule has 1 unspecified atom stereocenters. The van der Waals surface area contributed by atoms with Gasteiger partial charge in [0.25, 0.3) is 0 Å². The van der Waals surface area contributed by atoms with Crippen molar-refractivity contribution in [3.8, 4) is 0 Å². The third-order valence-corrected chi connectivity index (χ3v) is 4.60. The van der Waals surface area contributed by atoms with Crippen LogP contribution in [0.3, 0.4) is 0 Å². The van der Waals surface area contributed by atoms with Crippen LogP contribution < -0.4 is 10.6 Å². The fraction of sp³-hybridized carbons (Fsp3) is 0.933. The van der Waals surface area contributed by atoms with Gasteiger partial charge in [-0.05, 0) is 30.2 Å². The highest BCUT2D eigenvalue weighted by Crippen LogP contribution is 2.36. The molecule has 0 spiro atoms. The summed E-state index contributed by atoms with van der Waals surface area (Å²) >= 11 is 0. The number of carbonyl (C=O) groups excluding carboxylic acids is 1. The molecule has 0 aromatic carbocycles. The summed E-state index contributed by atoms with van der Waals surface area (Å²) in [7, 11) is 0. The largest absolute Gasteiger partial charge is 0.355 e. The van der Waals surface area contributed by atoms with E-state index in [1.807, 2.05) is 0 Å². The van der Waals surface area contributed by atoms with Crippen molar-refractivity contribution in [2.24, 2.45) is 10.8 Å². The zero-order valence-corrected chi connectivity index (χ0v) is 12.7. The minimum absolute atomic E-state index is 0.114. The second kappa shape index (κ2) is 6.05. The lowest BCUT2D eigenvalue weighted by Crippen LogP contribution is -2.44. The first-order chi connectivity index (χ1) is 8.22. The molecule has 18 heavy (non-hydrogen) atoms. The molecule has 1 heterocycles. The number of carbonyl (C=O) groups is 1. The van der Waals surface area contributed by atoms with E-state index < -0.39 is 0 Å². The maximum absolute atomic E-state index is 11.9. The van der Waals surface area contributed by atoms with Gasteiger partial charge in [-0.25, -0.2) is 0 Å². The van der Waals surface area contributed by atoms with E-state index in [-0.39, 0.29) is 16.7 Å². The number of hydrogen-bond acceptors (Lipinski definition) is 2. The lowest BCUT2D eigenvalue weighted by atomic mass is 9.69. The molecule has 2 N–H and O–H groups in total. The van der Waals surface area contributed by atoms with Crippen molar-refractivity contribution in [2.75, 3.05) is 13.1 Å². The van der Waals surface area contributed by atoms with Crippen LogP contribution in [0, 0.1) is 10.8 Å². The van der Waals surface area contributed by atoms with Crippen molar-refractivity contribution in [1.82, 2.24) is 10.6 Å². The molecule has 3 heteroatoms. The van der Waals surface area contributed by atoms with Crippen molar-refractivity contribution in [3.63, 3.8) is 0 Å². The Labute approximate surface area is 112 Å². The van der Waals surface area contributed by atoms with Gasteiger partial charge in [-0.3, -0.25) is 4.79 Å². The Morgan fingerprint density at radius 2 is 1.89 bits per heavy atom. The second-order valence-electron chi connectivity index (χ2n) is 7.26. The minimum atomic E-state index is 0.114. The monoisotopic (exact) mass is 254 g/mol. The molecule has 1 saturated heterocycles. The normalized spacial score (nSPS) is 21.7. The highest BCUT2D eigenvalue weighted by atomic mass is 16.1. The summed E-state index contributed by atoms with van der Waals surface area (Å²) in [6.07, 6.45) is 4.25. The molecule has 1 fully saturated rings. The van der Waals surface area contributed by atoms with E-state index in [9.17, 15) is 4.79 Å². The smallest absolute Gasteiger partial charge is 0.221 e. The molecule has 0 aromatic rings. The number of nitrogens with one attached hydrogen (secondary N) is 2. The maximum Gasteiger partial charge on any atom is 0.221 e. The Balaban J connectivity index is 2.32. The number of piperidine rings is 1. The molecule has 106 valence electrons. The third-order valence-electron chi connectivity index (χ3n) is 4.60. The zero-order valence-electron chi connectivity index (χ0n) is 12.7. The van der Waals surface area contributed by atoms with Crippen LogP contribution in [0.25, 0.3) is 0 Å². The Hall–Kier alpha value is -0.570. The van der Waals surface area contributed by atoms with Crippen LogP contribution >= 0.6 is 0 Å². The van der Waals surface area contributed by atoms with Crippen molar-refractivity contribution in [2.45, 2.75) is 66.3 Å². The van der Waals surface area contributed by atoms with E-state index in [2.05, 4.69) is 45.3 Å². The van der Waals surface area contributed by atoms with E-state index in [1.54, 1.807) is 0 Å². The Bertz CT molecular complexity index is 273. The lowest BCUT2D eigenvalue weighted by Gasteiger charge is -2.39. The predicted molar refractivity (Wildman–Crippen MR) is 76.5 cm³/mol. The molecule has 0 radical (unpaired) electrons. The van der Waals surface area contributed by atoms with Crippen LogP contribution in [0.1, 0.15) is 60.3 Å². The van der Waals surface area contributed by atoms with Gasteiger partial charge in [-0.2, -0.15) is 0 Å². The van der Waals surface area contributed by atoms with E-state index in [0.29, 0.717) is 12.5 Å². The second-order valence-corrected chi connectivity index (χ2v) is 7.26. The summed E-state index contributed by atoms with van der Waals surface area (Å²) in [5, 5.41) is 6.51. The number of rotatable bonds is 4. The van der Waals surface area contributed by atoms with Gasteiger partial charge < -0.3 is 10.6 Å². The Morgan fingerprint density at radius 3 is 2.39 bits per heavy atom. The van der Waals surface area contributed by atoms with E-state index in [1.165, 1.54) is 12.8 Å². The fourth-order valence-electron chi connectivity index (χ4n) is 1.98. The highest BCUT2D eigenvalue weighted by Gasteiger charge is 2.33. The summed E-state index contributed by atoms with van der Waals surface area (Å²) in [6.45, 7) is 12.9. The van der Waals surface area contributed by atoms with E-state index in [0.717, 1.165) is 19.5 Å². The molecule has 0 aromatic heterocycles. The molecule has 1 aliphatic rings. The van der Waals surface area contributed by atoms with Crippen molar-refractivity contribution in [1.29, 1.82) is 0 Å². The SMILES string of the molecule is CC(C)(C)C(C)(C)CNC(=O)CC1CCCCN1. The first-order valence-electron chi connectivity index (χ1n) is 7.22. The van der Waals surface area contributed by atoms with Gasteiger partial charge in [0.05, 0.1) is 0 Å². The van der Waals surface area contributed by atoms with Crippen LogP contribution in [-0.2, 0) is 4.79 Å². The lowest BCUT2D eigenvalue weighted by molar-refractivity contribution is -0.122. The van der Waals surface area contributed by atoms with Crippen molar-refractivity contribution in [3.05, 3.63) is 0 Å². The summed E-state index contributed by atoms with van der Waals surface area (Å²) in [4.78, 5) is 11.9. The van der Waals surface area contributed by atoms with Gasteiger partial charge in [0.2, 0.25) is 5.91 Å². The summed E-state index contributed by atoms with van der Waals surface area (Å²) < 4.78 is 0. The third kappa shape index (κ3) is 4.60. The van der Waals surface area contributed by atoms with Crippen LogP contribution in [-0.4, -0.2) is 25.0 Å².